The monoisotopic (exact) mass is 442 g/mol. The quantitative estimate of drug-likeness (QED) is 0.378. The summed E-state index contributed by atoms with van der Waals surface area (Å²) < 4.78 is 21.7. The standard InChI is InChI=1S/C25H30O7/c1-16(2)6-12-19-21(30-4)14-22(31-5)24(25(19)32-15-23(27)28)20(26)13-9-17-7-10-18(29-3)11-8-17/h7-11,13-14,16H,6,12,15H2,1-5H3,(H,27,28). The Morgan fingerprint density at radius 1 is 1.00 bits per heavy atom. The van der Waals surface area contributed by atoms with Crippen LogP contribution in [0, 0.1) is 5.92 Å². The van der Waals surface area contributed by atoms with Crippen LogP contribution in [0.5, 0.6) is 23.0 Å². The van der Waals surface area contributed by atoms with E-state index in [9.17, 15) is 9.59 Å². The van der Waals surface area contributed by atoms with Gasteiger partial charge in [-0.15, -0.1) is 0 Å². The number of carboxylic acid groups (broad SMARTS) is 1. The second-order valence-electron chi connectivity index (χ2n) is 7.55. The van der Waals surface area contributed by atoms with E-state index in [0.29, 0.717) is 29.4 Å². The zero-order valence-electron chi connectivity index (χ0n) is 19.1. The number of hydrogen-bond donors (Lipinski definition) is 1. The fourth-order valence-electron chi connectivity index (χ4n) is 3.16. The summed E-state index contributed by atoms with van der Waals surface area (Å²) in [4.78, 5) is 24.4. The first-order chi connectivity index (χ1) is 15.3. The molecule has 0 radical (unpaired) electrons. The third-order valence-electron chi connectivity index (χ3n) is 4.85. The topological polar surface area (TPSA) is 91.3 Å². The Morgan fingerprint density at radius 2 is 1.66 bits per heavy atom. The van der Waals surface area contributed by atoms with Crippen LogP contribution in [0.25, 0.3) is 6.08 Å². The maximum Gasteiger partial charge on any atom is 0.341 e. The van der Waals surface area contributed by atoms with E-state index in [4.69, 9.17) is 24.1 Å². The summed E-state index contributed by atoms with van der Waals surface area (Å²) in [6.07, 6.45) is 4.44. The van der Waals surface area contributed by atoms with Gasteiger partial charge in [-0.05, 0) is 42.5 Å². The lowest BCUT2D eigenvalue weighted by atomic mass is 9.96. The molecule has 2 aromatic carbocycles. The first-order valence-corrected chi connectivity index (χ1v) is 10.3. The minimum Gasteiger partial charge on any atom is -0.497 e. The van der Waals surface area contributed by atoms with Gasteiger partial charge in [0, 0.05) is 11.6 Å². The molecule has 0 aromatic heterocycles. The molecule has 0 bridgehead atoms. The van der Waals surface area contributed by atoms with Crippen LogP contribution in [-0.4, -0.2) is 44.8 Å². The van der Waals surface area contributed by atoms with Gasteiger partial charge in [0.2, 0.25) is 0 Å². The Labute approximate surface area is 188 Å². The van der Waals surface area contributed by atoms with Crippen LogP contribution in [0.1, 0.15) is 41.8 Å². The SMILES string of the molecule is COc1ccc(C=CC(=O)c2c(OC)cc(OC)c(CCC(C)C)c2OCC(=O)O)cc1. The highest BCUT2D eigenvalue weighted by Gasteiger charge is 2.25. The van der Waals surface area contributed by atoms with E-state index < -0.39 is 12.6 Å². The average molecular weight is 443 g/mol. The Bertz CT molecular complexity index is 959. The van der Waals surface area contributed by atoms with Gasteiger partial charge >= 0.3 is 5.97 Å². The van der Waals surface area contributed by atoms with Crippen LogP contribution >= 0.6 is 0 Å². The Morgan fingerprint density at radius 3 is 2.19 bits per heavy atom. The van der Waals surface area contributed by atoms with Gasteiger partial charge in [0.15, 0.2) is 12.4 Å². The van der Waals surface area contributed by atoms with E-state index >= 15 is 0 Å². The number of benzene rings is 2. The van der Waals surface area contributed by atoms with Crippen molar-refractivity contribution in [2.24, 2.45) is 5.92 Å². The summed E-state index contributed by atoms with van der Waals surface area (Å²) in [5, 5.41) is 9.16. The number of rotatable bonds is 12. The molecule has 7 nitrogen and oxygen atoms in total. The van der Waals surface area contributed by atoms with Crippen molar-refractivity contribution in [2.75, 3.05) is 27.9 Å². The van der Waals surface area contributed by atoms with Crippen molar-refractivity contribution in [1.29, 1.82) is 0 Å². The summed E-state index contributed by atoms with van der Waals surface area (Å²) >= 11 is 0. The summed E-state index contributed by atoms with van der Waals surface area (Å²) in [6.45, 7) is 3.57. The molecule has 2 rings (SSSR count). The lowest BCUT2D eigenvalue weighted by Gasteiger charge is -2.20. The molecule has 0 amide bonds. The van der Waals surface area contributed by atoms with Gasteiger partial charge in [-0.2, -0.15) is 0 Å². The predicted molar refractivity (Wildman–Crippen MR) is 122 cm³/mol. The van der Waals surface area contributed by atoms with Gasteiger partial charge in [0.1, 0.15) is 28.6 Å². The van der Waals surface area contributed by atoms with Crippen molar-refractivity contribution in [3.05, 3.63) is 53.1 Å². The molecule has 2 aromatic rings. The Balaban J connectivity index is 2.54. The second kappa shape index (κ2) is 11.8. The summed E-state index contributed by atoms with van der Waals surface area (Å²) in [5.41, 5.74) is 1.61. The van der Waals surface area contributed by atoms with Gasteiger partial charge in [-0.1, -0.05) is 32.1 Å². The molecule has 1 N–H and O–H groups in total. The maximum atomic E-state index is 13.2. The van der Waals surface area contributed by atoms with Crippen molar-refractivity contribution < 1.29 is 33.6 Å². The molecule has 0 heterocycles. The summed E-state index contributed by atoms with van der Waals surface area (Å²) in [6, 6.07) is 8.87. The van der Waals surface area contributed by atoms with Crippen molar-refractivity contribution >= 4 is 17.8 Å². The van der Waals surface area contributed by atoms with Gasteiger partial charge in [-0.3, -0.25) is 4.79 Å². The molecular weight excluding hydrogens is 412 g/mol. The minimum atomic E-state index is -1.14. The number of ether oxygens (including phenoxy) is 4. The highest BCUT2D eigenvalue weighted by molar-refractivity contribution is 6.11. The van der Waals surface area contributed by atoms with Gasteiger partial charge < -0.3 is 24.1 Å². The third-order valence-corrected chi connectivity index (χ3v) is 4.85. The van der Waals surface area contributed by atoms with Crippen LogP contribution in [0.4, 0.5) is 0 Å². The molecule has 0 aliphatic carbocycles. The largest absolute Gasteiger partial charge is 0.497 e. The Hall–Kier alpha value is -3.48. The number of methoxy groups -OCH3 is 3. The summed E-state index contributed by atoms with van der Waals surface area (Å²) in [5.74, 6) is 0.500. The van der Waals surface area contributed by atoms with Crippen LogP contribution in [0.2, 0.25) is 0 Å². The molecule has 0 aliphatic heterocycles. The van der Waals surface area contributed by atoms with Crippen molar-refractivity contribution in [2.45, 2.75) is 26.7 Å². The molecule has 0 aliphatic rings. The van der Waals surface area contributed by atoms with Gasteiger partial charge in [-0.25, -0.2) is 4.79 Å². The normalized spacial score (nSPS) is 10.9. The van der Waals surface area contributed by atoms with E-state index in [1.807, 2.05) is 12.1 Å². The van der Waals surface area contributed by atoms with Gasteiger partial charge in [0.05, 0.1) is 21.3 Å². The fourth-order valence-corrected chi connectivity index (χ4v) is 3.16. The molecule has 0 saturated carbocycles. The molecular formula is C25H30O7. The average Bonchev–Trinajstić information content (AvgIpc) is 2.79. The minimum absolute atomic E-state index is 0.165. The molecule has 0 fully saturated rings. The lowest BCUT2D eigenvalue weighted by Crippen LogP contribution is -2.15. The van der Waals surface area contributed by atoms with Gasteiger partial charge in [0.25, 0.3) is 0 Å². The number of allylic oxidation sites excluding steroid dienone is 1. The van der Waals surface area contributed by atoms with Crippen molar-refractivity contribution in [1.82, 2.24) is 0 Å². The number of hydrogen-bond acceptors (Lipinski definition) is 6. The number of aliphatic carboxylic acids is 1. The molecule has 0 atom stereocenters. The maximum absolute atomic E-state index is 13.2. The smallest absolute Gasteiger partial charge is 0.341 e. The molecule has 7 heteroatoms. The van der Waals surface area contributed by atoms with Crippen molar-refractivity contribution in [3.63, 3.8) is 0 Å². The van der Waals surface area contributed by atoms with Crippen molar-refractivity contribution in [3.8, 4) is 23.0 Å². The van der Waals surface area contributed by atoms with Crippen LogP contribution in [0.3, 0.4) is 0 Å². The summed E-state index contributed by atoms with van der Waals surface area (Å²) in [7, 11) is 4.53. The van der Waals surface area contributed by atoms with Crippen LogP contribution in [0.15, 0.2) is 36.4 Å². The first kappa shape index (κ1) is 24.8. The number of carbonyl (C=O) groups excluding carboxylic acids is 1. The zero-order valence-corrected chi connectivity index (χ0v) is 19.1. The molecule has 0 unspecified atom stereocenters. The van der Waals surface area contributed by atoms with E-state index in [0.717, 1.165) is 12.0 Å². The highest BCUT2D eigenvalue weighted by atomic mass is 16.5. The first-order valence-electron chi connectivity index (χ1n) is 10.3. The molecule has 172 valence electrons. The highest BCUT2D eigenvalue weighted by Crippen LogP contribution is 2.41. The fraction of sp³-hybridized carbons (Fsp3) is 0.360. The second-order valence-corrected chi connectivity index (χ2v) is 7.55. The van der Waals surface area contributed by atoms with Crippen LogP contribution < -0.4 is 18.9 Å². The third kappa shape index (κ3) is 6.51. The Kier molecular flexibility index (Phi) is 9.13. The molecule has 32 heavy (non-hydrogen) atoms. The van der Waals surface area contributed by atoms with E-state index in [1.165, 1.54) is 20.3 Å². The number of carboxylic acids is 1. The van der Waals surface area contributed by atoms with E-state index in [1.54, 1.807) is 31.4 Å². The zero-order chi connectivity index (χ0) is 23.7. The molecule has 0 spiro atoms. The lowest BCUT2D eigenvalue weighted by molar-refractivity contribution is -0.139. The van der Waals surface area contributed by atoms with E-state index in [-0.39, 0.29) is 22.8 Å². The van der Waals surface area contributed by atoms with E-state index in [2.05, 4.69) is 13.8 Å². The number of carbonyl (C=O) groups is 2. The predicted octanol–water partition coefficient (Wildman–Crippen LogP) is 4.66. The number of ketones is 1. The van der Waals surface area contributed by atoms with Crippen LogP contribution in [-0.2, 0) is 11.2 Å². The molecule has 0 saturated heterocycles.